The fraction of sp³-hybridized carbons (Fsp3) is 0.389. The molecule has 1 aliphatic rings. The number of amides is 1. The van der Waals surface area contributed by atoms with E-state index >= 15 is 0 Å². The van der Waals surface area contributed by atoms with Gasteiger partial charge in [0.15, 0.2) is 0 Å². The molecule has 0 bridgehead atoms. The zero-order valence-corrected chi connectivity index (χ0v) is 16.9. The van der Waals surface area contributed by atoms with Gasteiger partial charge in [-0.15, -0.1) is 11.3 Å². The molecule has 8 heteroatoms. The Morgan fingerprint density at radius 2 is 1.88 bits per heavy atom. The summed E-state index contributed by atoms with van der Waals surface area (Å²) in [4.78, 5) is 14.8. The van der Waals surface area contributed by atoms with Crippen molar-refractivity contribution in [2.24, 2.45) is 0 Å². The highest BCUT2D eigenvalue weighted by molar-refractivity contribution is 7.91. The number of sulfonamides is 1. The Morgan fingerprint density at radius 3 is 2.58 bits per heavy atom. The second-order valence-electron chi connectivity index (χ2n) is 6.35. The Kier molecular flexibility index (Phi) is 6.02. The van der Waals surface area contributed by atoms with Crippen LogP contribution < -0.4 is 0 Å². The first-order chi connectivity index (χ1) is 12.4. The summed E-state index contributed by atoms with van der Waals surface area (Å²) in [7, 11) is -1.70. The van der Waals surface area contributed by atoms with E-state index in [2.05, 4.69) is 0 Å². The summed E-state index contributed by atoms with van der Waals surface area (Å²) >= 11 is 7.32. The smallest absolute Gasteiger partial charge is 0.252 e. The predicted octanol–water partition coefficient (Wildman–Crippen LogP) is 3.39. The number of thiophene rings is 1. The number of carbonyl (C=O) groups is 1. The summed E-state index contributed by atoms with van der Waals surface area (Å²) in [6, 6.07) is 10.8. The molecule has 3 rings (SSSR count). The first-order valence-electron chi connectivity index (χ1n) is 8.44. The molecule has 0 aliphatic carbocycles. The Bertz CT molecular complexity index is 889. The number of likely N-dealkylation sites (N-methyl/N-ethyl adjacent to an activating group) is 1. The fourth-order valence-corrected chi connectivity index (χ4v) is 6.12. The van der Waals surface area contributed by atoms with Gasteiger partial charge in [-0.05, 0) is 36.6 Å². The summed E-state index contributed by atoms with van der Waals surface area (Å²) in [5.74, 6) is -0.0723. The molecule has 1 amide bonds. The van der Waals surface area contributed by atoms with Crippen LogP contribution in [0.1, 0.15) is 23.3 Å². The molecule has 2 aromatic rings. The van der Waals surface area contributed by atoms with Crippen LogP contribution in [0.3, 0.4) is 0 Å². The van der Waals surface area contributed by atoms with Gasteiger partial charge in [-0.25, -0.2) is 8.42 Å². The molecule has 140 valence electrons. The lowest BCUT2D eigenvalue weighted by Gasteiger charge is -2.17. The lowest BCUT2D eigenvalue weighted by molar-refractivity contribution is -0.129. The maximum Gasteiger partial charge on any atom is 0.252 e. The molecule has 1 aliphatic heterocycles. The average molecular weight is 413 g/mol. The maximum absolute atomic E-state index is 12.6. The van der Waals surface area contributed by atoms with Crippen LogP contribution >= 0.6 is 22.9 Å². The largest absolute Gasteiger partial charge is 0.341 e. The van der Waals surface area contributed by atoms with Crippen LogP contribution in [-0.4, -0.2) is 43.7 Å². The van der Waals surface area contributed by atoms with Gasteiger partial charge in [0.05, 0.1) is 6.42 Å². The first-order valence-corrected chi connectivity index (χ1v) is 11.1. The second-order valence-corrected chi connectivity index (χ2v) is 10.1. The number of halogens is 1. The van der Waals surface area contributed by atoms with Gasteiger partial charge in [-0.3, -0.25) is 4.79 Å². The fourth-order valence-electron chi connectivity index (χ4n) is 2.90. The molecule has 0 spiro atoms. The minimum absolute atomic E-state index is 0.0723. The molecule has 1 fully saturated rings. The van der Waals surface area contributed by atoms with E-state index in [0.29, 0.717) is 28.9 Å². The molecule has 5 nitrogen and oxygen atoms in total. The van der Waals surface area contributed by atoms with E-state index in [-0.39, 0.29) is 12.3 Å². The van der Waals surface area contributed by atoms with Gasteiger partial charge >= 0.3 is 0 Å². The molecular weight excluding hydrogens is 392 g/mol. The van der Waals surface area contributed by atoms with Crippen molar-refractivity contribution in [1.29, 1.82) is 0 Å². The highest BCUT2D eigenvalue weighted by Crippen LogP contribution is 2.28. The minimum atomic E-state index is -3.42. The lowest BCUT2D eigenvalue weighted by atomic mass is 10.2. The van der Waals surface area contributed by atoms with Crippen molar-refractivity contribution >= 4 is 38.9 Å². The summed E-state index contributed by atoms with van der Waals surface area (Å²) in [6.45, 7) is 1.58. The highest BCUT2D eigenvalue weighted by Gasteiger charge is 2.28. The van der Waals surface area contributed by atoms with Crippen molar-refractivity contribution in [1.82, 2.24) is 9.21 Å². The molecule has 1 saturated heterocycles. The standard InChI is InChI=1S/C18H21ClN2O3S2/c1-20(13-14-6-2-3-7-16(14)19)17(22)12-15-8-9-18(25-15)26(23,24)21-10-4-5-11-21/h2-3,6-9H,4-5,10-13H2,1H3. The van der Waals surface area contributed by atoms with Crippen LogP contribution in [0.15, 0.2) is 40.6 Å². The van der Waals surface area contributed by atoms with E-state index in [1.165, 1.54) is 15.6 Å². The first kappa shape index (κ1) is 19.4. The van der Waals surface area contributed by atoms with E-state index in [9.17, 15) is 13.2 Å². The normalized spacial score (nSPS) is 15.3. The van der Waals surface area contributed by atoms with Crippen molar-refractivity contribution in [3.8, 4) is 0 Å². The molecule has 0 saturated carbocycles. The van der Waals surface area contributed by atoms with Crippen LogP contribution in [0, 0.1) is 0 Å². The zero-order chi connectivity index (χ0) is 18.7. The summed E-state index contributed by atoms with van der Waals surface area (Å²) in [5.41, 5.74) is 0.883. The van der Waals surface area contributed by atoms with E-state index in [4.69, 9.17) is 11.6 Å². The average Bonchev–Trinajstić information content (AvgIpc) is 3.29. The summed E-state index contributed by atoms with van der Waals surface area (Å²) in [5, 5.41) is 0.627. The Balaban J connectivity index is 1.65. The molecule has 2 heterocycles. The molecule has 1 aromatic carbocycles. The van der Waals surface area contributed by atoms with Crippen LogP contribution in [0.4, 0.5) is 0 Å². The van der Waals surface area contributed by atoms with Crippen LogP contribution in [0.25, 0.3) is 0 Å². The summed E-state index contributed by atoms with van der Waals surface area (Å²) in [6.07, 6.45) is 1.99. The van der Waals surface area contributed by atoms with Crippen LogP contribution in [0.2, 0.25) is 5.02 Å². The number of rotatable bonds is 6. The van der Waals surface area contributed by atoms with Gasteiger partial charge < -0.3 is 4.90 Å². The zero-order valence-electron chi connectivity index (χ0n) is 14.5. The van der Waals surface area contributed by atoms with E-state index < -0.39 is 10.0 Å². The van der Waals surface area contributed by atoms with E-state index in [1.807, 2.05) is 18.2 Å². The number of nitrogens with zero attached hydrogens (tertiary/aromatic N) is 2. The predicted molar refractivity (Wildman–Crippen MR) is 104 cm³/mol. The molecule has 26 heavy (non-hydrogen) atoms. The van der Waals surface area contributed by atoms with Crippen molar-refractivity contribution in [3.05, 3.63) is 51.9 Å². The molecular formula is C18H21ClN2O3S2. The molecule has 0 atom stereocenters. The van der Waals surface area contributed by atoms with Gasteiger partial charge in [0.2, 0.25) is 5.91 Å². The van der Waals surface area contributed by atoms with Gasteiger partial charge in [0, 0.05) is 36.6 Å². The highest BCUT2D eigenvalue weighted by atomic mass is 35.5. The van der Waals surface area contributed by atoms with Gasteiger partial charge in [-0.1, -0.05) is 29.8 Å². The number of hydrogen-bond acceptors (Lipinski definition) is 4. The van der Waals surface area contributed by atoms with Crippen LogP contribution in [0.5, 0.6) is 0 Å². The monoisotopic (exact) mass is 412 g/mol. The van der Waals surface area contributed by atoms with E-state index in [0.717, 1.165) is 23.3 Å². The molecule has 1 aromatic heterocycles. The number of hydrogen-bond donors (Lipinski definition) is 0. The topological polar surface area (TPSA) is 57.7 Å². The van der Waals surface area contributed by atoms with Gasteiger partial charge in [-0.2, -0.15) is 4.31 Å². The van der Waals surface area contributed by atoms with Crippen LogP contribution in [-0.2, 0) is 27.8 Å². The van der Waals surface area contributed by atoms with Crippen molar-refractivity contribution in [2.45, 2.75) is 30.0 Å². The Morgan fingerprint density at radius 1 is 1.19 bits per heavy atom. The Labute approximate surface area is 163 Å². The second kappa shape index (κ2) is 8.08. The van der Waals surface area contributed by atoms with Crippen molar-refractivity contribution in [3.63, 3.8) is 0 Å². The van der Waals surface area contributed by atoms with E-state index in [1.54, 1.807) is 30.1 Å². The number of benzene rings is 1. The quantitative estimate of drug-likeness (QED) is 0.730. The summed E-state index contributed by atoms with van der Waals surface area (Å²) < 4.78 is 27.0. The maximum atomic E-state index is 12.6. The lowest BCUT2D eigenvalue weighted by Crippen LogP contribution is -2.27. The SMILES string of the molecule is CN(Cc1ccccc1Cl)C(=O)Cc1ccc(S(=O)(=O)N2CCCC2)s1. The molecule has 0 unspecified atom stereocenters. The van der Waals surface area contributed by atoms with Crippen molar-refractivity contribution in [2.75, 3.05) is 20.1 Å². The van der Waals surface area contributed by atoms with Crippen molar-refractivity contribution < 1.29 is 13.2 Å². The molecule has 0 N–H and O–H groups in total. The third kappa shape index (κ3) is 4.28. The minimum Gasteiger partial charge on any atom is -0.341 e. The third-order valence-corrected chi connectivity index (χ3v) is 8.23. The number of carbonyl (C=O) groups excluding carboxylic acids is 1. The third-order valence-electron chi connectivity index (χ3n) is 4.41. The molecule has 0 radical (unpaired) electrons. The van der Waals surface area contributed by atoms with Gasteiger partial charge in [0.1, 0.15) is 4.21 Å². The Hall–Kier alpha value is -1.41. The van der Waals surface area contributed by atoms with Gasteiger partial charge in [0.25, 0.3) is 10.0 Å².